The van der Waals surface area contributed by atoms with Gasteiger partial charge in [0.2, 0.25) is 0 Å². The molecule has 2 nitrogen and oxygen atoms in total. The summed E-state index contributed by atoms with van der Waals surface area (Å²) in [5.41, 5.74) is -4.36. The molecule has 3 rings (SSSR count). The molecule has 1 aliphatic heterocycles. The Morgan fingerprint density at radius 3 is 1.71 bits per heavy atom. The lowest BCUT2D eigenvalue weighted by molar-refractivity contribution is -0.302. The normalized spacial score (nSPS) is 28.0. The molecule has 1 fully saturated rings. The van der Waals surface area contributed by atoms with Crippen molar-refractivity contribution < 1.29 is 35.7 Å². The Morgan fingerprint density at radius 1 is 0.750 bits per heavy atom. The van der Waals surface area contributed by atoms with E-state index in [9.17, 15) is 26.3 Å². The molecular weight excluding hydrogens is 337 g/mol. The molecular formula is C15H15BF6O2. The molecule has 1 aromatic carbocycles. The zero-order valence-corrected chi connectivity index (χ0v) is 13.4. The highest BCUT2D eigenvalue weighted by Gasteiger charge is 2.79. The van der Waals surface area contributed by atoms with E-state index >= 15 is 0 Å². The number of benzene rings is 1. The van der Waals surface area contributed by atoms with Crippen LogP contribution in [0.1, 0.15) is 38.8 Å². The molecule has 1 saturated heterocycles. The average molecular weight is 352 g/mol. The summed E-state index contributed by atoms with van der Waals surface area (Å²) in [6.07, 6.45) is 0. The zero-order chi connectivity index (χ0) is 18.3. The van der Waals surface area contributed by atoms with E-state index in [4.69, 9.17) is 9.31 Å². The van der Waals surface area contributed by atoms with Crippen molar-refractivity contribution in [1.82, 2.24) is 0 Å². The van der Waals surface area contributed by atoms with Crippen molar-refractivity contribution in [2.24, 2.45) is 0 Å². The van der Waals surface area contributed by atoms with Crippen molar-refractivity contribution in [3.8, 4) is 0 Å². The molecule has 24 heavy (non-hydrogen) atoms. The molecule has 2 aliphatic rings. The summed E-state index contributed by atoms with van der Waals surface area (Å²) in [6, 6.07) is 2.25. The summed E-state index contributed by atoms with van der Waals surface area (Å²) < 4.78 is 93.3. The fourth-order valence-corrected chi connectivity index (χ4v) is 2.76. The van der Waals surface area contributed by atoms with Crippen LogP contribution in [-0.2, 0) is 21.2 Å². The molecule has 9 heteroatoms. The maximum atomic E-state index is 13.9. The first-order chi connectivity index (χ1) is 10.7. The third kappa shape index (κ3) is 1.94. The molecule has 1 aromatic rings. The van der Waals surface area contributed by atoms with Crippen LogP contribution in [0.3, 0.4) is 0 Å². The minimum atomic E-state index is -5.49. The van der Waals surface area contributed by atoms with E-state index in [0.717, 1.165) is 6.07 Å². The van der Waals surface area contributed by atoms with Gasteiger partial charge in [0.25, 0.3) is 0 Å². The summed E-state index contributed by atoms with van der Waals surface area (Å²) >= 11 is 0. The van der Waals surface area contributed by atoms with Gasteiger partial charge in [-0.3, -0.25) is 0 Å². The van der Waals surface area contributed by atoms with Gasteiger partial charge in [0.1, 0.15) is 0 Å². The van der Waals surface area contributed by atoms with Gasteiger partial charge in [-0.25, -0.2) is 0 Å². The van der Waals surface area contributed by atoms with Gasteiger partial charge in [-0.15, -0.1) is 0 Å². The number of hydrogen-bond acceptors (Lipinski definition) is 2. The Kier molecular flexibility index (Phi) is 3.29. The Bertz CT molecular complexity index is 685. The van der Waals surface area contributed by atoms with Crippen molar-refractivity contribution in [2.45, 2.75) is 56.7 Å². The summed E-state index contributed by atoms with van der Waals surface area (Å²) in [5.74, 6) is -15.4. The maximum absolute atomic E-state index is 13.9. The predicted molar refractivity (Wildman–Crippen MR) is 74.9 cm³/mol. The van der Waals surface area contributed by atoms with Crippen LogP contribution >= 0.6 is 0 Å². The number of fused-ring (bicyclic) bond motifs is 1. The fraction of sp³-hybridized carbons (Fsp3) is 0.600. The second-order valence-electron chi connectivity index (χ2n) is 7.12. The Labute approximate surface area is 135 Å². The SMILES string of the molecule is CC1(C)OB(c2ccc3c(c2)C(F)(F)C(F)(F)C3(F)F)OC1(C)C. The minimum Gasteiger partial charge on any atom is -0.399 e. The molecule has 0 spiro atoms. The molecule has 0 atom stereocenters. The van der Waals surface area contributed by atoms with Gasteiger partial charge >= 0.3 is 24.9 Å². The maximum Gasteiger partial charge on any atom is 0.494 e. The fourth-order valence-electron chi connectivity index (χ4n) is 2.76. The van der Waals surface area contributed by atoms with Crippen LogP contribution in [-0.4, -0.2) is 24.2 Å². The van der Waals surface area contributed by atoms with Crippen LogP contribution in [0.25, 0.3) is 0 Å². The lowest BCUT2D eigenvalue weighted by Crippen LogP contribution is -2.43. The number of rotatable bonds is 1. The van der Waals surface area contributed by atoms with E-state index in [1.807, 2.05) is 0 Å². The van der Waals surface area contributed by atoms with E-state index in [-0.39, 0.29) is 5.46 Å². The van der Waals surface area contributed by atoms with Crippen molar-refractivity contribution in [2.75, 3.05) is 0 Å². The number of halogens is 6. The average Bonchev–Trinajstić information content (AvgIpc) is 2.71. The van der Waals surface area contributed by atoms with Crippen LogP contribution in [0, 0.1) is 0 Å². The third-order valence-electron chi connectivity index (χ3n) is 5.03. The van der Waals surface area contributed by atoms with Gasteiger partial charge in [-0.05, 0) is 33.2 Å². The quantitative estimate of drug-likeness (QED) is 0.565. The number of hydrogen-bond donors (Lipinski definition) is 0. The molecule has 0 bridgehead atoms. The van der Waals surface area contributed by atoms with E-state index in [2.05, 4.69) is 0 Å². The monoisotopic (exact) mass is 352 g/mol. The van der Waals surface area contributed by atoms with Crippen molar-refractivity contribution in [3.05, 3.63) is 29.3 Å². The number of alkyl halides is 6. The molecule has 0 N–H and O–H groups in total. The molecule has 0 saturated carbocycles. The van der Waals surface area contributed by atoms with Gasteiger partial charge in [0, 0.05) is 11.1 Å². The van der Waals surface area contributed by atoms with Gasteiger partial charge in [-0.2, -0.15) is 26.3 Å². The highest BCUT2D eigenvalue weighted by molar-refractivity contribution is 6.62. The Balaban J connectivity index is 2.07. The Hall–Kier alpha value is -1.22. The summed E-state index contributed by atoms with van der Waals surface area (Å²) in [7, 11) is -1.11. The predicted octanol–water partition coefficient (Wildman–Crippen LogP) is 3.82. The molecule has 1 heterocycles. The lowest BCUT2D eigenvalue weighted by Gasteiger charge is -2.32. The van der Waals surface area contributed by atoms with Crippen LogP contribution < -0.4 is 5.46 Å². The van der Waals surface area contributed by atoms with Crippen LogP contribution in [0.15, 0.2) is 18.2 Å². The van der Waals surface area contributed by atoms with Crippen LogP contribution in [0.4, 0.5) is 26.3 Å². The first-order valence-electron chi connectivity index (χ1n) is 7.29. The van der Waals surface area contributed by atoms with Gasteiger partial charge < -0.3 is 9.31 Å². The molecule has 1 aliphatic carbocycles. The second kappa shape index (κ2) is 4.49. The first kappa shape index (κ1) is 17.6. The van der Waals surface area contributed by atoms with Crippen molar-refractivity contribution >= 4 is 12.6 Å². The van der Waals surface area contributed by atoms with E-state index < -0.39 is 47.2 Å². The molecule has 0 aromatic heterocycles. The van der Waals surface area contributed by atoms with Gasteiger partial charge in [-0.1, -0.05) is 18.2 Å². The van der Waals surface area contributed by atoms with Crippen LogP contribution in [0.2, 0.25) is 0 Å². The Morgan fingerprint density at radius 2 is 1.21 bits per heavy atom. The first-order valence-corrected chi connectivity index (χ1v) is 7.29. The smallest absolute Gasteiger partial charge is 0.399 e. The molecule has 0 radical (unpaired) electrons. The second-order valence-corrected chi connectivity index (χ2v) is 7.12. The summed E-state index contributed by atoms with van der Waals surface area (Å²) in [5, 5.41) is 0. The van der Waals surface area contributed by atoms with E-state index in [1.165, 1.54) is 0 Å². The van der Waals surface area contributed by atoms with Crippen molar-refractivity contribution in [3.63, 3.8) is 0 Å². The molecule has 132 valence electrons. The van der Waals surface area contributed by atoms with E-state index in [0.29, 0.717) is 12.1 Å². The molecule has 0 unspecified atom stereocenters. The highest BCUT2D eigenvalue weighted by atomic mass is 19.3. The van der Waals surface area contributed by atoms with Gasteiger partial charge in [0.15, 0.2) is 0 Å². The third-order valence-corrected chi connectivity index (χ3v) is 5.03. The lowest BCUT2D eigenvalue weighted by atomic mass is 9.77. The largest absolute Gasteiger partial charge is 0.494 e. The topological polar surface area (TPSA) is 18.5 Å². The van der Waals surface area contributed by atoms with Gasteiger partial charge in [0.05, 0.1) is 11.2 Å². The van der Waals surface area contributed by atoms with Crippen molar-refractivity contribution in [1.29, 1.82) is 0 Å². The van der Waals surface area contributed by atoms with Crippen LogP contribution in [0.5, 0.6) is 0 Å². The molecule has 0 amide bonds. The minimum absolute atomic E-state index is 0.0134. The zero-order valence-electron chi connectivity index (χ0n) is 13.4. The standard InChI is InChI=1S/C15H15BF6O2/c1-11(2)12(3,4)24-16(23-11)8-5-6-9-10(7-8)14(19,20)15(21,22)13(9,17)18/h5-7H,1-4H3. The summed E-state index contributed by atoms with van der Waals surface area (Å²) in [4.78, 5) is 0. The highest BCUT2D eigenvalue weighted by Crippen LogP contribution is 2.62. The van der Waals surface area contributed by atoms with E-state index in [1.54, 1.807) is 27.7 Å². The summed E-state index contributed by atoms with van der Waals surface area (Å²) in [6.45, 7) is 6.88.